The highest BCUT2D eigenvalue weighted by molar-refractivity contribution is 7.99. The average molecular weight is 567 g/mol. The Labute approximate surface area is 244 Å². The lowest BCUT2D eigenvalue weighted by atomic mass is 10.1. The maximum absolute atomic E-state index is 12.6. The van der Waals surface area contributed by atoms with Gasteiger partial charge in [0.25, 0.3) is 5.91 Å². The molecule has 0 spiro atoms. The first-order valence-electron chi connectivity index (χ1n) is 13.7. The highest BCUT2D eigenvalue weighted by atomic mass is 32.2. The molecule has 0 unspecified atom stereocenters. The minimum atomic E-state index is -0.211. The monoisotopic (exact) mass is 566 g/mol. The van der Waals surface area contributed by atoms with Crippen LogP contribution in [-0.4, -0.2) is 43.3 Å². The quantitative estimate of drug-likeness (QED) is 0.0837. The number of nitrogens with zero attached hydrogens (tertiary/aromatic N) is 5. The van der Waals surface area contributed by atoms with Gasteiger partial charge in [0.1, 0.15) is 11.6 Å². The van der Waals surface area contributed by atoms with Crippen LogP contribution in [-0.2, 0) is 24.3 Å². The number of amides is 1. The number of allylic oxidation sites excluding steroid dienone is 1. The molecule has 0 atom stereocenters. The summed E-state index contributed by atoms with van der Waals surface area (Å²) in [5.41, 5.74) is 7.67. The third kappa shape index (κ3) is 6.52. The van der Waals surface area contributed by atoms with Crippen LogP contribution < -0.4 is 10.2 Å². The summed E-state index contributed by atoms with van der Waals surface area (Å²) in [7, 11) is 0. The van der Waals surface area contributed by atoms with Crippen LogP contribution >= 0.6 is 11.8 Å². The predicted molar refractivity (Wildman–Crippen MR) is 167 cm³/mol. The van der Waals surface area contributed by atoms with Gasteiger partial charge < -0.3 is 13.9 Å². The molecule has 0 bridgehead atoms. The summed E-state index contributed by atoms with van der Waals surface area (Å²) < 4.78 is 9.88. The summed E-state index contributed by atoms with van der Waals surface area (Å²) in [5.74, 6) is 1.62. The van der Waals surface area contributed by atoms with E-state index in [9.17, 15) is 4.79 Å². The van der Waals surface area contributed by atoms with Crippen LogP contribution in [0.15, 0.2) is 95.2 Å². The molecule has 1 N–H and O–H groups in total. The van der Waals surface area contributed by atoms with Gasteiger partial charge in [0.05, 0.1) is 18.1 Å². The van der Waals surface area contributed by atoms with Gasteiger partial charge in [0.15, 0.2) is 5.16 Å². The van der Waals surface area contributed by atoms with Crippen molar-refractivity contribution in [1.82, 2.24) is 24.8 Å². The average Bonchev–Trinajstić information content (AvgIpc) is 3.51. The Balaban J connectivity index is 1.26. The zero-order valence-corrected chi connectivity index (χ0v) is 24.4. The smallest absolute Gasteiger partial charge is 0.250 e. The first-order valence-corrected chi connectivity index (χ1v) is 14.6. The van der Waals surface area contributed by atoms with Gasteiger partial charge in [-0.3, -0.25) is 4.79 Å². The van der Waals surface area contributed by atoms with Crippen LogP contribution in [0.3, 0.4) is 0 Å². The van der Waals surface area contributed by atoms with Crippen LogP contribution in [0.25, 0.3) is 21.8 Å². The third-order valence-electron chi connectivity index (χ3n) is 6.72. The molecule has 0 saturated heterocycles. The molecule has 0 aliphatic heterocycles. The summed E-state index contributed by atoms with van der Waals surface area (Å²) >= 11 is 1.34. The van der Waals surface area contributed by atoms with Crippen molar-refractivity contribution >= 4 is 45.2 Å². The van der Waals surface area contributed by atoms with Crippen molar-refractivity contribution in [1.29, 1.82) is 0 Å². The van der Waals surface area contributed by atoms with Gasteiger partial charge in [-0.05, 0) is 62.7 Å². The number of ether oxygens (including phenoxy) is 1. The van der Waals surface area contributed by atoms with E-state index in [-0.39, 0.29) is 11.7 Å². The third-order valence-corrected chi connectivity index (χ3v) is 7.69. The topological polar surface area (TPSA) is 86.3 Å². The molecule has 0 saturated carbocycles. The number of hydrazone groups is 1. The number of hydrogen-bond acceptors (Lipinski definition) is 6. The van der Waals surface area contributed by atoms with Crippen LogP contribution in [0, 0.1) is 0 Å². The zero-order valence-electron chi connectivity index (χ0n) is 23.6. The van der Waals surface area contributed by atoms with Gasteiger partial charge in [-0.25, -0.2) is 5.43 Å². The molecule has 0 aliphatic rings. The number of para-hydroxylation sites is 2. The van der Waals surface area contributed by atoms with Crippen molar-refractivity contribution in [3.05, 3.63) is 96.3 Å². The summed E-state index contributed by atoms with van der Waals surface area (Å²) in [6.07, 6.45) is 0.696. The molecule has 1 amide bonds. The summed E-state index contributed by atoms with van der Waals surface area (Å²) in [6, 6.07) is 24.6. The first kappa shape index (κ1) is 28.2. The van der Waals surface area contributed by atoms with Gasteiger partial charge in [-0.15, -0.1) is 10.2 Å². The Morgan fingerprint density at radius 3 is 2.24 bits per heavy atom. The fraction of sp³-hybridized carbons (Fsp3) is 0.250. The van der Waals surface area contributed by atoms with Gasteiger partial charge in [-0.2, -0.15) is 5.10 Å². The van der Waals surface area contributed by atoms with E-state index in [1.807, 2.05) is 45.0 Å². The van der Waals surface area contributed by atoms with E-state index < -0.39 is 0 Å². The molecule has 0 aliphatic carbocycles. The Kier molecular flexibility index (Phi) is 8.84. The molecular weight excluding hydrogens is 532 g/mol. The van der Waals surface area contributed by atoms with Gasteiger partial charge in [-0.1, -0.05) is 60.3 Å². The van der Waals surface area contributed by atoms with Crippen LogP contribution in [0.2, 0.25) is 0 Å². The molecule has 0 fully saturated rings. The van der Waals surface area contributed by atoms with E-state index in [2.05, 4.69) is 85.0 Å². The van der Waals surface area contributed by atoms with Gasteiger partial charge >= 0.3 is 0 Å². The van der Waals surface area contributed by atoms with Crippen LogP contribution in [0.1, 0.15) is 32.2 Å². The minimum Gasteiger partial charge on any atom is -0.494 e. The second kappa shape index (κ2) is 12.9. The molecular formula is C32H34N6O2S. The Morgan fingerprint density at radius 1 is 0.951 bits per heavy atom. The first-order chi connectivity index (χ1) is 19.9. The molecule has 9 heteroatoms. The van der Waals surface area contributed by atoms with Crippen LogP contribution in [0.5, 0.6) is 5.75 Å². The molecule has 3 aromatic carbocycles. The Hall–Kier alpha value is -4.37. The Morgan fingerprint density at radius 2 is 1.61 bits per heavy atom. The largest absolute Gasteiger partial charge is 0.494 e. The number of thioether (sulfide) groups is 1. The number of carbonyl (C=O) groups excluding carboxylic acids is 1. The fourth-order valence-corrected chi connectivity index (χ4v) is 5.58. The maximum atomic E-state index is 12.6. The molecule has 41 heavy (non-hydrogen) atoms. The number of hydrogen-bond donors (Lipinski definition) is 1. The van der Waals surface area contributed by atoms with E-state index in [1.165, 1.54) is 33.6 Å². The zero-order chi connectivity index (χ0) is 28.8. The molecule has 8 nitrogen and oxygen atoms in total. The van der Waals surface area contributed by atoms with Crippen molar-refractivity contribution in [3.8, 4) is 5.75 Å². The summed E-state index contributed by atoms with van der Waals surface area (Å²) in [5, 5.41) is 16.4. The fourth-order valence-electron chi connectivity index (χ4n) is 4.83. The van der Waals surface area contributed by atoms with Crippen molar-refractivity contribution in [3.63, 3.8) is 0 Å². The lowest BCUT2D eigenvalue weighted by Gasteiger charge is -2.11. The van der Waals surface area contributed by atoms with E-state index in [0.29, 0.717) is 30.4 Å². The van der Waals surface area contributed by atoms with Gasteiger partial charge in [0, 0.05) is 41.3 Å². The van der Waals surface area contributed by atoms with Crippen molar-refractivity contribution in [2.75, 3.05) is 12.4 Å². The lowest BCUT2D eigenvalue weighted by molar-refractivity contribution is -0.118. The number of carbonyl (C=O) groups is 1. The van der Waals surface area contributed by atoms with E-state index in [1.54, 1.807) is 0 Å². The number of rotatable bonds is 12. The predicted octanol–water partition coefficient (Wildman–Crippen LogP) is 6.24. The number of nitrogens with one attached hydrogen (secondary N) is 1. The SMILES string of the molecule is C=C(C)Cn1c(CCn2c3ccccc3c3ccccc32)nnc1SCC(=O)N/N=C(/C)c1ccc(OCC)cc1. The van der Waals surface area contributed by atoms with Crippen molar-refractivity contribution in [2.24, 2.45) is 5.10 Å². The number of fused-ring (bicyclic) bond motifs is 3. The second-order valence-corrected chi connectivity index (χ2v) is 10.8. The minimum absolute atomic E-state index is 0.168. The molecule has 5 aromatic rings. The normalized spacial score (nSPS) is 11.7. The number of benzene rings is 3. The highest BCUT2D eigenvalue weighted by Crippen LogP contribution is 2.29. The number of aryl methyl sites for hydroxylation is 2. The maximum Gasteiger partial charge on any atom is 0.250 e. The van der Waals surface area contributed by atoms with Gasteiger partial charge in [0.2, 0.25) is 0 Å². The molecule has 2 aromatic heterocycles. The summed E-state index contributed by atoms with van der Waals surface area (Å²) in [4.78, 5) is 12.6. The van der Waals surface area contributed by atoms with Crippen LogP contribution in [0.4, 0.5) is 0 Å². The standard InChI is InChI=1S/C32H34N6O2S/c1-5-40-25-16-14-24(15-17-25)23(4)33-35-31(39)21-41-32-36-34-30(38(32)20-22(2)3)18-19-37-28-12-8-6-10-26(28)27-11-7-9-13-29(27)37/h6-17H,2,5,18-21H2,1,3-4H3,(H,35,39)/b33-23-. The van der Waals surface area contributed by atoms with Crippen molar-refractivity contribution < 1.29 is 9.53 Å². The van der Waals surface area contributed by atoms with E-state index in [4.69, 9.17) is 4.74 Å². The number of aromatic nitrogens is 4. The molecule has 210 valence electrons. The van der Waals surface area contributed by atoms with E-state index in [0.717, 1.165) is 29.3 Å². The van der Waals surface area contributed by atoms with Crippen molar-refractivity contribution in [2.45, 2.75) is 45.4 Å². The Bertz CT molecular complexity index is 1660. The molecule has 5 rings (SSSR count). The second-order valence-electron chi connectivity index (χ2n) is 9.86. The summed E-state index contributed by atoms with van der Waals surface area (Å²) in [6.45, 7) is 11.8. The highest BCUT2D eigenvalue weighted by Gasteiger charge is 2.16. The van der Waals surface area contributed by atoms with E-state index >= 15 is 0 Å². The molecule has 0 radical (unpaired) electrons. The lowest BCUT2D eigenvalue weighted by Crippen LogP contribution is -2.21. The molecule has 2 heterocycles.